The van der Waals surface area contributed by atoms with Crippen molar-refractivity contribution in [2.75, 3.05) is 11.1 Å². The minimum absolute atomic E-state index is 0.587. The quantitative estimate of drug-likeness (QED) is 0.758. The lowest BCUT2D eigenvalue weighted by molar-refractivity contribution is 0.471. The molecule has 1 aliphatic carbocycles. The van der Waals surface area contributed by atoms with Crippen molar-refractivity contribution in [1.82, 2.24) is 0 Å². The summed E-state index contributed by atoms with van der Waals surface area (Å²) in [6.07, 6.45) is 9.35. The van der Waals surface area contributed by atoms with Crippen LogP contribution in [0.15, 0.2) is 12.1 Å². The van der Waals surface area contributed by atoms with Crippen LogP contribution >= 0.6 is 11.6 Å². The van der Waals surface area contributed by atoms with Crippen molar-refractivity contribution >= 4 is 23.0 Å². The number of nitrogen functional groups attached to an aromatic ring is 1. The van der Waals surface area contributed by atoms with Gasteiger partial charge in [-0.15, -0.1) is 0 Å². The maximum absolute atomic E-state index is 6.10. The molecule has 0 saturated heterocycles. The normalized spacial score (nSPS) is 18.1. The molecule has 2 nitrogen and oxygen atoms in total. The van der Waals surface area contributed by atoms with Gasteiger partial charge in [0, 0.05) is 11.7 Å². The van der Waals surface area contributed by atoms with Crippen molar-refractivity contribution in [2.45, 2.75) is 57.9 Å². The standard InChI is InChI=1S/C15H23ClN2/c1-11-9-14(17)13(16)10-15(11)18-12-7-5-3-2-4-6-8-12/h9-10,12,18H,2-8,17H2,1H3. The Bertz CT molecular complexity index is 396. The van der Waals surface area contributed by atoms with E-state index in [2.05, 4.69) is 12.2 Å². The molecule has 18 heavy (non-hydrogen) atoms. The first-order chi connectivity index (χ1) is 8.66. The molecular weight excluding hydrogens is 244 g/mol. The number of nitrogens with two attached hydrogens (primary N) is 1. The molecule has 0 spiro atoms. The molecule has 3 heteroatoms. The molecule has 0 aromatic heterocycles. The van der Waals surface area contributed by atoms with E-state index in [0.717, 1.165) is 5.69 Å². The summed E-state index contributed by atoms with van der Waals surface area (Å²) in [5.41, 5.74) is 8.79. The number of nitrogens with one attached hydrogen (secondary N) is 1. The van der Waals surface area contributed by atoms with Crippen molar-refractivity contribution in [3.8, 4) is 0 Å². The first-order valence-electron chi connectivity index (χ1n) is 6.99. The number of hydrogen-bond acceptors (Lipinski definition) is 2. The first-order valence-corrected chi connectivity index (χ1v) is 7.37. The number of rotatable bonds is 2. The molecule has 0 radical (unpaired) electrons. The van der Waals surface area contributed by atoms with Crippen molar-refractivity contribution in [3.05, 3.63) is 22.7 Å². The van der Waals surface area contributed by atoms with E-state index in [0.29, 0.717) is 16.8 Å². The molecular formula is C15H23ClN2. The predicted molar refractivity (Wildman–Crippen MR) is 80.3 cm³/mol. The molecule has 0 unspecified atom stereocenters. The van der Waals surface area contributed by atoms with Crippen LogP contribution in [0.25, 0.3) is 0 Å². The smallest absolute Gasteiger partial charge is 0.0656 e. The summed E-state index contributed by atoms with van der Waals surface area (Å²) in [6.45, 7) is 2.08. The van der Waals surface area contributed by atoms with Crippen LogP contribution in [0.5, 0.6) is 0 Å². The highest BCUT2D eigenvalue weighted by atomic mass is 35.5. The Kier molecular flexibility index (Phi) is 4.76. The molecule has 2 rings (SSSR count). The Balaban J connectivity index is 2.05. The average molecular weight is 267 g/mol. The molecule has 1 saturated carbocycles. The van der Waals surface area contributed by atoms with E-state index in [4.69, 9.17) is 17.3 Å². The van der Waals surface area contributed by atoms with Gasteiger partial charge in [-0.25, -0.2) is 0 Å². The van der Waals surface area contributed by atoms with E-state index in [9.17, 15) is 0 Å². The number of anilines is 2. The van der Waals surface area contributed by atoms with Crippen molar-refractivity contribution in [3.63, 3.8) is 0 Å². The Labute approximate surface area is 115 Å². The summed E-state index contributed by atoms with van der Waals surface area (Å²) < 4.78 is 0. The fraction of sp³-hybridized carbons (Fsp3) is 0.600. The molecule has 0 heterocycles. The summed E-state index contributed by atoms with van der Waals surface area (Å²) in [5, 5.41) is 4.29. The highest BCUT2D eigenvalue weighted by Gasteiger charge is 2.12. The van der Waals surface area contributed by atoms with E-state index in [1.807, 2.05) is 12.1 Å². The number of halogens is 1. The van der Waals surface area contributed by atoms with Crippen LogP contribution in [0.1, 0.15) is 50.5 Å². The summed E-state index contributed by atoms with van der Waals surface area (Å²) in [4.78, 5) is 0. The van der Waals surface area contributed by atoms with Crippen molar-refractivity contribution in [2.24, 2.45) is 0 Å². The summed E-state index contributed by atoms with van der Waals surface area (Å²) in [7, 11) is 0. The fourth-order valence-electron chi connectivity index (χ4n) is 2.68. The molecule has 0 aliphatic heterocycles. The number of hydrogen-bond donors (Lipinski definition) is 2. The average Bonchev–Trinajstić information content (AvgIpc) is 2.29. The Morgan fingerprint density at radius 1 is 1.11 bits per heavy atom. The third-order valence-electron chi connectivity index (χ3n) is 3.81. The molecule has 0 amide bonds. The van der Waals surface area contributed by atoms with E-state index < -0.39 is 0 Å². The van der Waals surface area contributed by atoms with Gasteiger partial charge in [0.25, 0.3) is 0 Å². The first kappa shape index (κ1) is 13.5. The Hall–Kier alpha value is -0.890. The largest absolute Gasteiger partial charge is 0.398 e. The lowest BCUT2D eigenvalue weighted by Gasteiger charge is -2.23. The van der Waals surface area contributed by atoms with Crippen LogP contribution in [0.4, 0.5) is 11.4 Å². The second-order valence-corrected chi connectivity index (χ2v) is 5.78. The molecule has 1 fully saturated rings. The lowest BCUT2D eigenvalue weighted by atomic mass is 9.96. The predicted octanol–water partition coefficient (Wildman–Crippen LogP) is 4.76. The lowest BCUT2D eigenvalue weighted by Crippen LogP contribution is -2.21. The minimum Gasteiger partial charge on any atom is -0.398 e. The second-order valence-electron chi connectivity index (χ2n) is 5.38. The SMILES string of the molecule is Cc1cc(N)c(Cl)cc1NC1CCCCCCC1. The maximum Gasteiger partial charge on any atom is 0.0656 e. The summed E-state index contributed by atoms with van der Waals surface area (Å²) >= 11 is 6.10. The van der Waals surface area contributed by atoms with Gasteiger partial charge < -0.3 is 11.1 Å². The monoisotopic (exact) mass is 266 g/mol. The van der Waals surface area contributed by atoms with Gasteiger partial charge in [0.2, 0.25) is 0 Å². The van der Waals surface area contributed by atoms with Crippen LogP contribution in [0.3, 0.4) is 0 Å². The van der Waals surface area contributed by atoms with Crippen molar-refractivity contribution in [1.29, 1.82) is 0 Å². The number of benzene rings is 1. The molecule has 1 aromatic rings. The third-order valence-corrected chi connectivity index (χ3v) is 4.14. The fourth-order valence-corrected chi connectivity index (χ4v) is 2.84. The molecule has 1 aromatic carbocycles. The van der Waals surface area contributed by atoms with Gasteiger partial charge in [-0.05, 0) is 37.5 Å². The van der Waals surface area contributed by atoms with Gasteiger partial charge >= 0.3 is 0 Å². The zero-order valence-corrected chi connectivity index (χ0v) is 11.9. The Morgan fingerprint density at radius 3 is 2.39 bits per heavy atom. The number of aryl methyl sites for hydroxylation is 1. The topological polar surface area (TPSA) is 38.0 Å². The van der Waals surface area contributed by atoms with Crippen LogP contribution in [-0.2, 0) is 0 Å². The summed E-state index contributed by atoms with van der Waals surface area (Å²) in [5.74, 6) is 0. The highest BCUT2D eigenvalue weighted by molar-refractivity contribution is 6.33. The van der Waals surface area contributed by atoms with Gasteiger partial charge in [0.05, 0.1) is 10.7 Å². The molecule has 100 valence electrons. The minimum atomic E-state index is 0.587. The van der Waals surface area contributed by atoms with E-state index in [1.54, 1.807) is 0 Å². The molecule has 0 atom stereocenters. The van der Waals surface area contributed by atoms with Crippen LogP contribution in [0, 0.1) is 6.92 Å². The zero-order valence-electron chi connectivity index (χ0n) is 11.1. The highest BCUT2D eigenvalue weighted by Crippen LogP contribution is 2.29. The summed E-state index contributed by atoms with van der Waals surface area (Å²) in [6, 6.07) is 4.50. The van der Waals surface area contributed by atoms with Gasteiger partial charge in [-0.1, -0.05) is 43.7 Å². The van der Waals surface area contributed by atoms with Crippen LogP contribution in [-0.4, -0.2) is 6.04 Å². The van der Waals surface area contributed by atoms with Gasteiger partial charge in [0.1, 0.15) is 0 Å². The van der Waals surface area contributed by atoms with E-state index in [1.165, 1.54) is 50.5 Å². The van der Waals surface area contributed by atoms with Gasteiger partial charge in [0.15, 0.2) is 0 Å². The molecule has 1 aliphatic rings. The Morgan fingerprint density at radius 2 is 1.72 bits per heavy atom. The maximum atomic E-state index is 6.10. The van der Waals surface area contributed by atoms with Crippen LogP contribution in [0.2, 0.25) is 5.02 Å². The van der Waals surface area contributed by atoms with Crippen LogP contribution < -0.4 is 11.1 Å². The van der Waals surface area contributed by atoms with Gasteiger partial charge in [-0.3, -0.25) is 0 Å². The van der Waals surface area contributed by atoms with E-state index in [-0.39, 0.29) is 0 Å². The third kappa shape index (κ3) is 3.55. The molecule has 0 bridgehead atoms. The molecule has 3 N–H and O–H groups in total. The van der Waals surface area contributed by atoms with E-state index >= 15 is 0 Å². The second kappa shape index (κ2) is 6.33. The van der Waals surface area contributed by atoms with Crippen molar-refractivity contribution < 1.29 is 0 Å². The zero-order chi connectivity index (χ0) is 13.0. The van der Waals surface area contributed by atoms with Gasteiger partial charge in [-0.2, -0.15) is 0 Å².